The molecule has 1 aliphatic heterocycles. The summed E-state index contributed by atoms with van der Waals surface area (Å²) in [6.45, 7) is 2.22. The van der Waals surface area contributed by atoms with Crippen molar-refractivity contribution >= 4 is 40.4 Å². The Morgan fingerprint density at radius 2 is 1.84 bits per heavy atom. The molecule has 8 nitrogen and oxygen atoms in total. The largest absolute Gasteiger partial charge is 0.493 e. The molecular weight excluding hydrogens is 523 g/mol. The molecule has 38 heavy (non-hydrogen) atoms. The Hall–Kier alpha value is -3.80. The summed E-state index contributed by atoms with van der Waals surface area (Å²) in [5.41, 5.74) is 3.58. The van der Waals surface area contributed by atoms with E-state index in [1.807, 2.05) is 37.3 Å². The molecule has 3 aromatic rings. The predicted molar refractivity (Wildman–Crippen MR) is 134 cm³/mol. The lowest BCUT2D eigenvalue weighted by atomic mass is 9.93. The number of fused-ring (bicyclic) bond motifs is 1. The summed E-state index contributed by atoms with van der Waals surface area (Å²) in [6.07, 6.45) is -5.16. The maximum absolute atomic E-state index is 12.9. The number of carbonyl (C=O) groups is 3. The number of benzene rings is 2. The van der Waals surface area contributed by atoms with Crippen LogP contribution in [0.4, 0.5) is 13.2 Å². The number of thioether (sulfide) groups is 1. The monoisotopic (exact) mass is 547 g/mol. The molecule has 2 aromatic carbocycles. The number of hydrogen-bond acceptors (Lipinski definition) is 7. The summed E-state index contributed by atoms with van der Waals surface area (Å²) in [6, 6.07) is 16.2. The van der Waals surface area contributed by atoms with E-state index in [9.17, 15) is 27.6 Å². The first-order chi connectivity index (χ1) is 18.0. The number of pyridine rings is 1. The van der Waals surface area contributed by atoms with Crippen LogP contribution in [0, 0.1) is 6.92 Å². The van der Waals surface area contributed by atoms with Gasteiger partial charge in [0.05, 0.1) is 17.5 Å². The van der Waals surface area contributed by atoms with Gasteiger partial charge in [0, 0.05) is 28.0 Å². The molecule has 2 heterocycles. The summed E-state index contributed by atoms with van der Waals surface area (Å²) >= 11 is 1.49. The average Bonchev–Trinajstić information content (AvgIpc) is 3.33. The number of alkyl halides is 3. The molecule has 1 aliphatic rings. The molecular formula is C26H24F3N3O5S. The zero-order valence-electron chi connectivity index (χ0n) is 20.3. The van der Waals surface area contributed by atoms with E-state index in [0.717, 1.165) is 22.2 Å². The van der Waals surface area contributed by atoms with Crippen LogP contribution < -0.4 is 15.5 Å². The third-order valence-corrected chi connectivity index (χ3v) is 7.16. The highest BCUT2D eigenvalue weighted by atomic mass is 32.2. The first kappa shape index (κ1) is 27.2. The van der Waals surface area contributed by atoms with E-state index in [-0.39, 0.29) is 6.42 Å². The van der Waals surface area contributed by atoms with Crippen molar-refractivity contribution in [1.82, 2.24) is 15.8 Å². The lowest BCUT2D eigenvalue weighted by Gasteiger charge is -2.29. The van der Waals surface area contributed by atoms with Gasteiger partial charge < -0.3 is 14.9 Å². The van der Waals surface area contributed by atoms with Gasteiger partial charge in [0.1, 0.15) is 12.4 Å². The van der Waals surface area contributed by atoms with Gasteiger partial charge in [-0.3, -0.25) is 14.6 Å². The number of hydrogen-bond donors (Lipinski definition) is 2. The molecule has 2 amide bonds. The van der Waals surface area contributed by atoms with Crippen LogP contribution in [0.5, 0.6) is 5.75 Å². The van der Waals surface area contributed by atoms with Gasteiger partial charge in [0.2, 0.25) is 0 Å². The Morgan fingerprint density at radius 3 is 2.53 bits per heavy atom. The van der Waals surface area contributed by atoms with Gasteiger partial charge in [0.15, 0.2) is 0 Å². The van der Waals surface area contributed by atoms with Gasteiger partial charge in [0.25, 0.3) is 11.8 Å². The molecule has 1 unspecified atom stereocenters. The number of aryl methyl sites for hydroxylation is 1. The third-order valence-electron chi connectivity index (χ3n) is 5.91. The summed E-state index contributed by atoms with van der Waals surface area (Å²) in [7, 11) is 0. The van der Waals surface area contributed by atoms with Crippen molar-refractivity contribution in [2.24, 2.45) is 0 Å². The van der Waals surface area contributed by atoms with Gasteiger partial charge in [-0.1, -0.05) is 18.2 Å². The highest BCUT2D eigenvalue weighted by Crippen LogP contribution is 2.31. The van der Waals surface area contributed by atoms with Crippen LogP contribution in [-0.2, 0) is 21.0 Å². The molecule has 0 saturated carbocycles. The molecule has 1 atom stereocenters. The number of nitrogens with zero attached hydrogens (tertiary/aromatic N) is 1. The molecule has 0 radical (unpaired) electrons. The second-order valence-corrected chi connectivity index (χ2v) is 9.98. The Bertz CT molecular complexity index is 1340. The molecule has 1 saturated heterocycles. The molecule has 0 aliphatic carbocycles. The zero-order chi connectivity index (χ0) is 27.3. The maximum atomic E-state index is 12.9. The highest BCUT2D eigenvalue weighted by molar-refractivity contribution is 7.99. The van der Waals surface area contributed by atoms with E-state index in [1.165, 1.54) is 17.2 Å². The topological polar surface area (TPSA) is 107 Å². The van der Waals surface area contributed by atoms with Crippen LogP contribution >= 0.6 is 11.8 Å². The minimum absolute atomic E-state index is 0.309. The normalized spacial score (nSPS) is 17.2. The highest BCUT2D eigenvalue weighted by Gasteiger charge is 2.43. The number of amides is 2. The smallest absolute Gasteiger partial charge is 0.489 e. The Morgan fingerprint density at radius 1 is 1.11 bits per heavy atom. The average molecular weight is 548 g/mol. The summed E-state index contributed by atoms with van der Waals surface area (Å²) in [5.74, 6) is -2.36. The number of ether oxygens (including phenoxy) is 1. The standard InChI is InChI=1S/C26H24F3N3O5S/c1-16-12-18(20-4-2-3-5-21(20)30-16)14-36-19-8-6-17(7-9-19)23(34)31-25(10-11-38-15-25)13-22(33)32-37-24(35)26(27,28)29/h2-9,12H,10-11,13-15H2,1H3,(H,31,34)(H,32,33). The fraction of sp³-hybridized carbons (Fsp3) is 0.308. The van der Waals surface area contributed by atoms with E-state index in [2.05, 4.69) is 15.1 Å². The number of carbonyl (C=O) groups excluding carboxylic acids is 3. The molecule has 12 heteroatoms. The van der Waals surface area contributed by atoms with Crippen molar-refractivity contribution in [2.75, 3.05) is 11.5 Å². The predicted octanol–water partition coefficient (Wildman–Crippen LogP) is 4.25. The van der Waals surface area contributed by atoms with Crippen LogP contribution in [-0.4, -0.2) is 46.0 Å². The van der Waals surface area contributed by atoms with Crippen LogP contribution in [0.15, 0.2) is 54.6 Å². The Balaban J connectivity index is 1.36. The van der Waals surface area contributed by atoms with Crippen molar-refractivity contribution in [2.45, 2.75) is 38.1 Å². The lowest BCUT2D eigenvalue weighted by molar-refractivity contribution is -0.207. The van der Waals surface area contributed by atoms with Gasteiger partial charge in [-0.05, 0) is 55.5 Å². The number of nitrogens with one attached hydrogen (secondary N) is 2. The zero-order valence-corrected chi connectivity index (χ0v) is 21.1. The van der Waals surface area contributed by atoms with Crippen LogP contribution in [0.2, 0.25) is 0 Å². The molecule has 200 valence electrons. The number of aromatic nitrogens is 1. The van der Waals surface area contributed by atoms with E-state index in [1.54, 1.807) is 24.3 Å². The third kappa shape index (κ3) is 6.74. The second-order valence-electron chi connectivity index (χ2n) is 8.88. The number of hydroxylamine groups is 1. The molecule has 2 N–H and O–H groups in total. The summed E-state index contributed by atoms with van der Waals surface area (Å²) in [5, 5.41) is 3.82. The first-order valence-corrected chi connectivity index (χ1v) is 12.8. The van der Waals surface area contributed by atoms with Crippen molar-refractivity contribution < 1.29 is 37.1 Å². The van der Waals surface area contributed by atoms with E-state index >= 15 is 0 Å². The molecule has 0 bridgehead atoms. The molecule has 1 aromatic heterocycles. The van der Waals surface area contributed by atoms with E-state index in [4.69, 9.17) is 4.74 Å². The van der Waals surface area contributed by atoms with Crippen molar-refractivity contribution in [1.29, 1.82) is 0 Å². The van der Waals surface area contributed by atoms with Crippen molar-refractivity contribution in [3.63, 3.8) is 0 Å². The first-order valence-electron chi connectivity index (χ1n) is 11.6. The molecule has 1 fully saturated rings. The summed E-state index contributed by atoms with van der Waals surface area (Å²) in [4.78, 5) is 44.2. The van der Waals surface area contributed by atoms with E-state index < -0.39 is 29.5 Å². The number of rotatable bonds is 7. The fourth-order valence-corrected chi connectivity index (χ4v) is 5.47. The second kappa shape index (κ2) is 11.3. The van der Waals surface area contributed by atoms with Gasteiger partial charge in [-0.25, -0.2) is 4.79 Å². The van der Waals surface area contributed by atoms with Gasteiger partial charge >= 0.3 is 12.1 Å². The Kier molecular flexibility index (Phi) is 8.10. The minimum Gasteiger partial charge on any atom is -0.489 e. The quantitative estimate of drug-likeness (QED) is 0.426. The number of halogens is 3. The van der Waals surface area contributed by atoms with Crippen LogP contribution in [0.1, 0.15) is 34.5 Å². The number of para-hydroxylation sites is 1. The van der Waals surface area contributed by atoms with Crippen LogP contribution in [0.25, 0.3) is 10.9 Å². The summed E-state index contributed by atoms with van der Waals surface area (Å²) < 4.78 is 42.8. The van der Waals surface area contributed by atoms with Crippen molar-refractivity contribution in [3.8, 4) is 5.75 Å². The maximum Gasteiger partial charge on any atom is 0.493 e. The van der Waals surface area contributed by atoms with Crippen molar-refractivity contribution in [3.05, 3.63) is 71.4 Å². The molecule has 0 spiro atoms. The fourth-order valence-electron chi connectivity index (χ4n) is 4.08. The SMILES string of the molecule is Cc1cc(COc2ccc(C(=O)NC3(CC(=O)NOC(=O)C(F)(F)F)CCSC3)cc2)c2ccccc2n1. The van der Waals surface area contributed by atoms with Gasteiger partial charge in [-0.15, -0.1) is 0 Å². The lowest BCUT2D eigenvalue weighted by Crippen LogP contribution is -2.51. The van der Waals surface area contributed by atoms with E-state index in [0.29, 0.717) is 35.8 Å². The van der Waals surface area contributed by atoms with Crippen LogP contribution in [0.3, 0.4) is 0 Å². The molecule has 4 rings (SSSR count). The Labute approximate surface area is 220 Å². The minimum atomic E-state index is -5.23. The van der Waals surface area contributed by atoms with Gasteiger partial charge in [-0.2, -0.15) is 30.4 Å².